The van der Waals surface area contributed by atoms with Crippen LogP contribution in [0.3, 0.4) is 0 Å². The van der Waals surface area contributed by atoms with Crippen LogP contribution in [0.1, 0.15) is 62.2 Å². The topological polar surface area (TPSA) is 84.8 Å². The molecule has 4 aromatic rings. The SMILES string of the molecule is CCOC(=O)c1c(-c2ccc(C(C)(C)C)cc2)c2cccc(NC(O)NC3CC3)c2n1Cc1cccc(OC)c1. The summed E-state index contributed by atoms with van der Waals surface area (Å²) in [6.45, 7) is 9.04. The summed E-state index contributed by atoms with van der Waals surface area (Å²) in [5.41, 5.74) is 5.95. The number of ether oxygens (including phenoxy) is 2. The smallest absolute Gasteiger partial charge is 0.355 e. The molecule has 7 nitrogen and oxygen atoms in total. The van der Waals surface area contributed by atoms with E-state index in [9.17, 15) is 9.90 Å². The lowest BCUT2D eigenvalue weighted by Crippen LogP contribution is -2.37. The van der Waals surface area contributed by atoms with Gasteiger partial charge in [0.1, 0.15) is 11.4 Å². The van der Waals surface area contributed by atoms with E-state index in [4.69, 9.17) is 9.47 Å². The molecule has 3 aromatic carbocycles. The van der Waals surface area contributed by atoms with Crippen molar-refractivity contribution in [2.24, 2.45) is 0 Å². The molecule has 1 aliphatic carbocycles. The van der Waals surface area contributed by atoms with Crippen molar-refractivity contribution < 1.29 is 19.4 Å². The molecule has 0 bridgehead atoms. The Kier molecular flexibility index (Phi) is 7.88. The van der Waals surface area contributed by atoms with Gasteiger partial charge < -0.3 is 24.5 Å². The maximum Gasteiger partial charge on any atom is 0.355 e. The minimum atomic E-state index is -0.918. The number of aliphatic hydroxyl groups is 1. The van der Waals surface area contributed by atoms with E-state index in [-0.39, 0.29) is 18.0 Å². The molecule has 1 saturated carbocycles. The van der Waals surface area contributed by atoms with Crippen molar-refractivity contribution >= 4 is 22.6 Å². The van der Waals surface area contributed by atoms with E-state index in [0.717, 1.165) is 51.9 Å². The van der Waals surface area contributed by atoms with Crippen LogP contribution in [0.5, 0.6) is 5.75 Å². The first-order valence-corrected chi connectivity index (χ1v) is 14.0. The van der Waals surface area contributed by atoms with Gasteiger partial charge in [-0.25, -0.2) is 4.79 Å². The van der Waals surface area contributed by atoms with Crippen molar-refractivity contribution in [1.29, 1.82) is 0 Å². The lowest BCUT2D eigenvalue weighted by Gasteiger charge is -2.19. The fraction of sp³-hybridized carbons (Fsp3) is 0.364. The van der Waals surface area contributed by atoms with Gasteiger partial charge in [0.05, 0.1) is 24.9 Å². The van der Waals surface area contributed by atoms with Gasteiger partial charge in [0.2, 0.25) is 0 Å². The molecule has 40 heavy (non-hydrogen) atoms. The number of aliphatic hydroxyl groups excluding tert-OH is 1. The van der Waals surface area contributed by atoms with Gasteiger partial charge in [0, 0.05) is 23.5 Å². The van der Waals surface area contributed by atoms with E-state index >= 15 is 0 Å². The molecule has 1 aromatic heterocycles. The van der Waals surface area contributed by atoms with Crippen LogP contribution < -0.4 is 15.4 Å². The van der Waals surface area contributed by atoms with Gasteiger partial charge in [-0.3, -0.25) is 5.32 Å². The third-order valence-corrected chi connectivity index (χ3v) is 7.33. The second kappa shape index (κ2) is 11.4. The molecule has 0 saturated heterocycles. The molecule has 0 spiro atoms. The Balaban J connectivity index is 1.74. The number of nitrogens with one attached hydrogen (secondary N) is 2. The molecular weight excluding hydrogens is 502 g/mol. The molecule has 0 amide bonds. The quantitative estimate of drug-likeness (QED) is 0.162. The zero-order valence-corrected chi connectivity index (χ0v) is 24.0. The number of nitrogens with zero attached hydrogens (tertiary/aromatic N) is 1. The fourth-order valence-corrected chi connectivity index (χ4v) is 5.14. The monoisotopic (exact) mass is 541 g/mol. The number of fused-ring (bicyclic) bond motifs is 1. The summed E-state index contributed by atoms with van der Waals surface area (Å²) in [6.07, 6.45) is 1.19. The Bertz CT molecular complexity index is 1500. The Morgan fingerprint density at radius 2 is 1.80 bits per heavy atom. The summed E-state index contributed by atoms with van der Waals surface area (Å²) in [6, 6.07) is 22.5. The minimum absolute atomic E-state index is 0.00461. The largest absolute Gasteiger partial charge is 0.497 e. The molecular formula is C33H39N3O4. The highest BCUT2D eigenvalue weighted by Crippen LogP contribution is 2.40. The number of hydrogen-bond acceptors (Lipinski definition) is 6. The first-order valence-electron chi connectivity index (χ1n) is 14.0. The highest BCUT2D eigenvalue weighted by Gasteiger charge is 2.28. The van der Waals surface area contributed by atoms with Crippen LogP contribution in [0, 0.1) is 0 Å². The molecule has 1 heterocycles. The molecule has 1 aliphatic rings. The number of benzene rings is 3. The van der Waals surface area contributed by atoms with Crippen LogP contribution >= 0.6 is 0 Å². The van der Waals surface area contributed by atoms with Crippen molar-refractivity contribution in [2.45, 2.75) is 64.9 Å². The summed E-state index contributed by atoms with van der Waals surface area (Å²) in [5, 5.41) is 18.1. The van der Waals surface area contributed by atoms with Crippen LogP contribution in [0.15, 0.2) is 66.7 Å². The van der Waals surface area contributed by atoms with Gasteiger partial charge in [-0.1, -0.05) is 69.3 Å². The van der Waals surface area contributed by atoms with E-state index in [1.807, 2.05) is 54.0 Å². The van der Waals surface area contributed by atoms with Crippen molar-refractivity contribution in [3.63, 3.8) is 0 Å². The van der Waals surface area contributed by atoms with Crippen LogP contribution in [-0.2, 0) is 16.7 Å². The summed E-state index contributed by atoms with van der Waals surface area (Å²) >= 11 is 0. The molecule has 5 rings (SSSR count). The molecule has 1 fully saturated rings. The molecule has 210 valence electrons. The number of methoxy groups -OCH3 is 1. The lowest BCUT2D eigenvalue weighted by molar-refractivity contribution is 0.0516. The predicted molar refractivity (Wildman–Crippen MR) is 160 cm³/mol. The normalized spacial score (nSPS) is 14.2. The van der Waals surface area contributed by atoms with Crippen molar-refractivity contribution in [2.75, 3.05) is 19.0 Å². The second-order valence-corrected chi connectivity index (χ2v) is 11.4. The lowest BCUT2D eigenvalue weighted by atomic mass is 9.86. The zero-order valence-electron chi connectivity index (χ0n) is 24.0. The predicted octanol–water partition coefficient (Wildman–Crippen LogP) is 6.28. The van der Waals surface area contributed by atoms with Crippen molar-refractivity contribution in [1.82, 2.24) is 9.88 Å². The van der Waals surface area contributed by atoms with Crippen molar-refractivity contribution in [3.8, 4) is 16.9 Å². The van der Waals surface area contributed by atoms with Crippen LogP contribution in [0.2, 0.25) is 0 Å². The number of para-hydroxylation sites is 1. The van der Waals surface area contributed by atoms with Gasteiger partial charge in [0.25, 0.3) is 0 Å². The first-order chi connectivity index (χ1) is 19.2. The highest BCUT2D eigenvalue weighted by atomic mass is 16.5. The number of anilines is 1. The van der Waals surface area contributed by atoms with Crippen LogP contribution in [0.4, 0.5) is 5.69 Å². The molecule has 0 radical (unpaired) electrons. The van der Waals surface area contributed by atoms with Crippen molar-refractivity contribution in [3.05, 3.63) is 83.6 Å². The first kappa shape index (κ1) is 27.7. The molecule has 3 N–H and O–H groups in total. The van der Waals surface area contributed by atoms with Crippen LogP contribution in [0.25, 0.3) is 22.0 Å². The third kappa shape index (κ3) is 5.86. The number of hydrogen-bond donors (Lipinski definition) is 3. The van der Waals surface area contributed by atoms with Gasteiger partial charge >= 0.3 is 5.97 Å². The average molecular weight is 542 g/mol. The summed E-state index contributed by atoms with van der Waals surface area (Å²) in [4.78, 5) is 13.7. The Morgan fingerprint density at radius 3 is 2.45 bits per heavy atom. The van der Waals surface area contributed by atoms with E-state index in [1.165, 1.54) is 5.56 Å². The summed E-state index contributed by atoms with van der Waals surface area (Å²) in [7, 11) is 1.64. The van der Waals surface area contributed by atoms with Gasteiger partial charge in [-0.05, 0) is 60.1 Å². The molecule has 1 atom stereocenters. The fourth-order valence-electron chi connectivity index (χ4n) is 5.14. The van der Waals surface area contributed by atoms with E-state index < -0.39 is 6.35 Å². The average Bonchev–Trinajstić information content (AvgIpc) is 3.68. The van der Waals surface area contributed by atoms with Gasteiger partial charge in [-0.15, -0.1) is 0 Å². The number of aromatic nitrogens is 1. The Labute approximate surface area is 236 Å². The Hall–Kier alpha value is -3.81. The summed E-state index contributed by atoms with van der Waals surface area (Å²) < 4.78 is 13.1. The summed E-state index contributed by atoms with van der Waals surface area (Å²) in [5.74, 6) is 0.353. The third-order valence-electron chi connectivity index (χ3n) is 7.33. The molecule has 7 heteroatoms. The van der Waals surface area contributed by atoms with Gasteiger partial charge in [0.15, 0.2) is 6.35 Å². The molecule has 1 unspecified atom stereocenters. The van der Waals surface area contributed by atoms with Crippen LogP contribution in [-0.4, -0.2) is 41.8 Å². The van der Waals surface area contributed by atoms with E-state index in [0.29, 0.717) is 18.3 Å². The number of carbonyl (C=O) groups excluding carboxylic acids is 1. The maximum atomic E-state index is 13.7. The second-order valence-electron chi connectivity index (χ2n) is 11.4. The van der Waals surface area contributed by atoms with Gasteiger partial charge in [-0.2, -0.15) is 0 Å². The molecule has 0 aliphatic heterocycles. The number of rotatable bonds is 10. The minimum Gasteiger partial charge on any atom is -0.497 e. The van der Waals surface area contributed by atoms with E-state index in [1.54, 1.807) is 7.11 Å². The number of carbonyl (C=O) groups is 1. The standard InChI is InChI=1S/C33H39N3O4/c1-6-40-31(37)30-28(22-13-15-23(16-14-22)33(2,3)4)26-11-8-12-27(35-32(38)34-24-17-18-24)29(26)36(30)20-21-9-7-10-25(19-21)39-5/h7-16,19,24,32,34-35,38H,6,17-18,20H2,1-5H3. The highest BCUT2D eigenvalue weighted by molar-refractivity contribution is 6.11. The van der Waals surface area contributed by atoms with E-state index in [2.05, 4.69) is 55.7 Å². The Morgan fingerprint density at radius 1 is 1.07 bits per heavy atom. The zero-order chi connectivity index (χ0) is 28.4. The number of esters is 1. The maximum absolute atomic E-state index is 13.7.